The Bertz CT molecular complexity index is 304. The van der Waals surface area contributed by atoms with E-state index in [1.54, 1.807) is 7.11 Å². The molecule has 14 heavy (non-hydrogen) atoms. The van der Waals surface area contributed by atoms with Crippen molar-refractivity contribution in [3.8, 4) is 0 Å². The van der Waals surface area contributed by atoms with Gasteiger partial charge in [-0.15, -0.1) is 0 Å². The normalized spacial score (nSPS) is 19.4. The Morgan fingerprint density at radius 2 is 2.21 bits per heavy atom. The van der Waals surface area contributed by atoms with Gasteiger partial charge in [-0.2, -0.15) is 0 Å². The van der Waals surface area contributed by atoms with Crippen LogP contribution in [-0.2, 0) is 11.2 Å². The number of oxazole rings is 1. The zero-order valence-electron chi connectivity index (χ0n) is 8.89. The van der Waals surface area contributed by atoms with Crippen molar-refractivity contribution < 1.29 is 9.15 Å². The van der Waals surface area contributed by atoms with Crippen molar-refractivity contribution in [2.24, 2.45) is 0 Å². The van der Waals surface area contributed by atoms with E-state index in [9.17, 15) is 0 Å². The van der Waals surface area contributed by atoms with E-state index in [-0.39, 0.29) is 5.60 Å². The van der Waals surface area contributed by atoms with Crippen molar-refractivity contribution in [3.63, 3.8) is 0 Å². The van der Waals surface area contributed by atoms with E-state index < -0.39 is 0 Å². The lowest BCUT2D eigenvalue weighted by Gasteiger charge is -2.40. The fraction of sp³-hybridized carbons (Fsp3) is 0.700. The Kier molecular flexibility index (Phi) is 2.33. The molecule has 1 N–H and O–H groups in total. The fourth-order valence-electron chi connectivity index (χ4n) is 1.64. The van der Waals surface area contributed by atoms with Crippen molar-refractivity contribution in [2.75, 3.05) is 20.2 Å². The molecule has 0 amide bonds. The van der Waals surface area contributed by atoms with E-state index in [2.05, 4.69) is 10.3 Å². The van der Waals surface area contributed by atoms with Crippen LogP contribution in [0.5, 0.6) is 0 Å². The van der Waals surface area contributed by atoms with Crippen molar-refractivity contribution in [2.45, 2.75) is 25.9 Å². The van der Waals surface area contributed by atoms with E-state index in [1.165, 1.54) is 0 Å². The number of methoxy groups -OCH3 is 1. The average molecular weight is 196 g/mol. The second-order valence-corrected chi connectivity index (χ2v) is 3.92. The summed E-state index contributed by atoms with van der Waals surface area (Å²) in [6.07, 6.45) is 0.755. The molecule has 1 aliphatic rings. The Morgan fingerprint density at radius 3 is 2.57 bits per heavy atom. The molecule has 1 fully saturated rings. The molecule has 1 aliphatic heterocycles. The first-order valence-electron chi connectivity index (χ1n) is 4.84. The van der Waals surface area contributed by atoms with Gasteiger partial charge in [0.1, 0.15) is 11.4 Å². The molecule has 1 aromatic heterocycles. The number of rotatable bonds is 3. The summed E-state index contributed by atoms with van der Waals surface area (Å²) in [6.45, 7) is 5.65. The highest BCUT2D eigenvalue weighted by atomic mass is 16.5. The van der Waals surface area contributed by atoms with Gasteiger partial charge in [-0.05, 0) is 13.8 Å². The molecule has 0 atom stereocenters. The highest BCUT2D eigenvalue weighted by Crippen LogP contribution is 2.22. The molecule has 2 heterocycles. The van der Waals surface area contributed by atoms with E-state index in [4.69, 9.17) is 9.15 Å². The predicted octanol–water partition coefficient (Wildman–Crippen LogP) is 0.822. The molecule has 0 aliphatic carbocycles. The lowest BCUT2D eigenvalue weighted by Crippen LogP contribution is -2.61. The number of aryl methyl sites for hydroxylation is 2. The van der Waals surface area contributed by atoms with E-state index >= 15 is 0 Å². The van der Waals surface area contributed by atoms with E-state index in [0.717, 1.165) is 36.9 Å². The van der Waals surface area contributed by atoms with Crippen molar-refractivity contribution in [1.82, 2.24) is 10.3 Å². The minimum atomic E-state index is -0.0935. The average Bonchev–Trinajstić information content (AvgIpc) is 2.39. The van der Waals surface area contributed by atoms with Gasteiger partial charge < -0.3 is 14.5 Å². The smallest absolute Gasteiger partial charge is 0.197 e. The predicted molar refractivity (Wildman–Crippen MR) is 52.3 cm³/mol. The summed E-state index contributed by atoms with van der Waals surface area (Å²) in [7, 11) is 1.74. The summed E-state index contributed by atoms with van der Waals surface area (Å²) < 4.78 is 11.0. The SMILES string of the molecule is COC1(Cc2nc(C)c(C)o2)CNC1. The molecule has 4 heteroatoms. The van der Waals surface area contributed by atoms with Gasteiger partial charge in [0.05, 0.1) is 12.1 Å². The number of hydrogen-bond acceptors (Lipinski definition) is 4. The molecule has 1 saturated heterocycles. The molecule has 0 spiro atoms. The second kappa shape index (κ2) is 3.37. The van der Waals surface area contributed by atoms with E-state index in [1.807, 2.05) is 13.8 Å². The van der Waals surface area contributed by atoms with Crippen LogP contribution < -0.4 is 5.32 Å². The third kappa shape index (κ3) is 1.55. The van der Waals surface area contributed by atoms with Crippen LogP contribution in [0.3, 0.4) is 0 Å². The Labute approximate surface area is 83.7 Å². The maximum atomic E-state index is 5.53. The molecule has 4 nitrogen and oxygen atoms in total. The number of nitrogens with zero attached hydrogens (tertiary/aromatic N) is 1. The first kappa shape index (κ1) is 9.68. The van der Waals surface area contributed by atoms with Gasteiger partial charge in [-0.3, -0.25) is 0 Å². The molecular weight excluding hydrogens is 180 g/mol. The highest BCUT2D eigenvalue weighted by Gasteiger charge is 2.38. The van der Waals surface area contributed by atoms with Crippen molar-refractivity contribution in [1.29, 1.82) is 0 Å². The Morgan fingerprint density at radius 1 is 1.50 bits per heavy atom. The van der Waals surface area contributed by atoms with Crippen LogP contribution in [0.1, 0.15) is 17.3 Å². The second-order valence-electron chi connectivity index (χ2n) is 3.92. The minimum absolute atomic E-state index is 0.0935. The quantitative estimate of drug-likeness (QED) is 0.777. The third-order valence-electron chi connectivity index (χ3n) is 2.87. The molecule has 0 radical (unpaired) electrons. The van der Waals surface area contributed by atoms with Gasteiger partial charge in [-0.1, -0.05) is 0 Å². The van der Waals surface area contributed by atoms with Gasteiger partial charge in [0.2, 0.25) is 0 Å². The first-order valence-corrected chi connectivity index (χ1v) is 4.84. The molecular formula is C10H16N2O2. The lowest BCUT2D eigenvalue weighted by molar-refractivity contribution is -0.0542. The van der Waals surface area contributed by atoms with Gasteiger partial charge in [-0.25, -0.2) is 4.98 Å². The summed E-state index contributed by atoms with van der Waals surface area (Å²) in [6, 6.07) is 0. The van der Waals surface area contributed by atoms with Gasteiger partial charge in [0.15, 0.2) is 5.89 Å². The molecule has 0 bridgehead atoms. The molecule has 0 saturated carbocycles. The molecule has 0 unspecified atom stereocenters. The minimum Gasteiger partial charge on any atom is -0.446 e. The zero-order valence-corrected chi connectivity index (χ0v) is 8.89. The van der Waals surface area contributed by atoms with E-state index in [0.29, 0.717) is 0 Å². The Hall–Kier alpha value is -0.870. The highest BCUT2D eigenvalue weighted by molar-refractivity contribution is 5.09. The largest absolute Gasteiger partial charge is 0.446 e. The fourth-order valence-corrected chi connectivity index (χ4v) is 1.64. The van der Waals surface area contributed by atoms with Crippen molar-refractivity contribution in [3.05, 3.63) is 17.3 Å². The topological polar surface area (TPSA) is 47.3 Å². The van der Waals surface area contributed by atoms with Gasteiger partial charge in [0.25, 0.3) is 0 Å². The van der Waals surface area contributed by atoms with Crippen LogP contribution in [0.4, 0.5) is 0 Å². The van der Waals surface area contributed by atoms with Crippen LogP contribution in [0, 0.1) is 13.8 Å². The summed E-state index contributed by atoms with van der Waals surface area (Å²) in [5.74, 6) is 1.68. The van der Waals surface area contributed by atoms with Crippen molar-refractivity contribution >= 4 is 0 Å². The van der Waals surface area contributed by atoms with Crippen LogP contribution in [0.15, 0.2) is 4.42 Å². The standard InChI is InChI=1S/C10H16N2O2/c1-7-8(2)14-9(12-7)4-10(13-3)5-11-6-10/h11H,4-6H2,1-3H3. The Balaban J connectivity index is 2.09. The number of hydrogen-bond donors (Lipinski definition) is 1. The summed E-state index contributed by atoms with van der Waals surface area (Å²) in [5.41, 5.74) is 0.877. The van der Waals surface area contributed by atoms with Crippen LogP contribution in [-0.4, -0.2) is 30.8 Å². The zero-order chi connectivity index (χ0) is 10.2. The van der Waals surface area contributed by atoms with Crippen LogP contribution in [0.2, 0.25) is 0 Å². The summed E-state index contributed by atoms with van der Waals surface area (Å²) in [5, 5.41) is 3.20. The maximum Gasteiger partial charge on any atom is 0.197 e. The third-order valence-corrected chi connectivity index (χ3v) is 2.87. The lowest BCUT2D eigenvalue weighted by atomic mass is 9.93. The first-order chi connectivity index (χ1) is 6.65. The number of aromatic nitrogens is 1. The monoisotopic (exact) mass is 196 g/mol. The summed E-state index contributed by atoms with van der Waals surface area (Å²) >= 11 is 0. The van der Waals surface area contributed by atoms with Gasteiger partial charge in [0, 0.05) is 20.2 Å². The molecule has 2 rings (SSSR count). The maximum absolute atomic E-state index is 5.53. The molecule has 0 aromatic carbocycles. The van der Waals surface area contributed by atoms with Crippen LogP contribution in [0.25, 0.3) is 0 Å². The number of ether oxygens (including phenoxy) is 1. The molecule has 78 valence electrons. The molecule has 1 aromatic rings. The summed E-state index contributed by atoms with van der Waals surface area (Å²) in [4.78, 5) is 4.35. The number of nitrogens with one attached hydrogen (secondary N) is 1. The van der Waals surface area contributed by atoms with Crippen LogP contribution >= 0.6 is 0 Å². The van der Waals surface area contributed by atoms with Gasteiger partial charge >= 0.3 is 0 Å².